The number of likely N-dealkylation sites (tertiary alicyclic amines) is 1. The summed E-state index contributed by atoms with van der Waals surface area (Å²) in [5, 5.41) is 2.61. The van der Waals surface area contributed by atoms with E-state index in [0.29, 0.717) is 12.5 Å². The van der Waals surface area contributed by atoms with Gasteiger partial charge in [-0.2, -0.15) is 13.2 Å². The van der Waals surface area contributed by atoms with Crippen LogP contribution >= 0.6 is 0 Å². The van der Waals surface area contributed by atoms with Crippen LogP contribution in [-0.2, 0) is 17.5 Å². The van der Waals surface area contributed by atoms with E-state index < -0.39 is 11.9 Å². The van der Waals surface area contributed by atoms with Crippen molar-refractivity contribution in [2.45, 2.75) is 57.8 Å². The molecule has 0 aromatic carbocycles. The van der Waals surface area contributed by atoms with Crippen molar-refractivity contribution in [3.8, 4) is 0 Å². The lowest BCUT2D eigenvalue weighted by molar-refractivity contribution is -0.141. The first-order valence-electron chi connectivity index (χ1n) is 8.14. The second-order valence-electron chi connectivity index (χ2n) is 6.25. The van der Waals surface area contributed by atoms with Gasteiger partial charge in [0.25, 0.3) is 0 Å². The van der Waals surface area contributed by atoms with Gasteiger partial charge in [0, 0.05) is 18.2 Å². The lowest BCUT2D eigenvalue weighted by atomic mass is 9.98. The topological polar surface area (TPSA) is 58.1 Å². The van der Waals surface area contributed by atoms with Gasteiger partial charge in [0.05, 0.1) is 6.54 Å². The van der Waals surface area contributed by atoms with Gasteiger partial charge >= 0.3 is 6.18 Å². The predicted octanol–water partition coefficient (Wildman–Crippen LogP) is 2.68. The molecular weight excluding hydrogens is 321 g/mol. The Bertz CT molecular complexity index is 577. The summed E-state index contributed by atoms with van der Waals surface area (Å²) in [6, 6.07) is 1.29. The summed E-state index contributed by atoms with van der Waals surface area (Å²) in [4.78, 5) is 21.6. The maximum atomic E-state index is 12.7. The molecule has 1 N–H and O–H groups in total. The SMILES string of the molecule is Cc1cc(C(F)(F)F)nc(CNC(=O)CC[C@@H]2CCCCN2C)n1. The Morgan fingerprint density at radius 3 is 2.79 bits per heavy atom. The summed E-state index contributed by atoms with van der Waals surface area (Å²) in [6.45, 7) is 2.43. The molecule has 1 aliphatic heterocycles. The van der Waals surface area contributed by atoms with Gasteiger partial charge in [-0.05, 0) is 45.8 Å². The van der Waals surface area contributed by atoms with Crippen LogP contribution in [0.5, 0.6) is 0 Å². The highest BCUT2D eigenvalue weighted by Crippen LogP contribution is 2.27. The van der Waals surface area contributed by atoms with Gasteiger partial charge in [-0.15, -0.1) is 0 Å². The van der Waals surface area contributed by atoms with Crippen LogP contribution < -0.4 is 5.32 Å². The summed E-state index contributed by atoms with van der Waals surface area (Å²) >= 11 is 0. The molecule has 1 fully saturated rings. The Hall–Kier alpha value is -1.70. The van der Waals surface area contributed by atoms with E-state index in [1.54, 1.807) is 0 Å². The van der Waals surface area contributed by atoms with E-state index >= 15 is 0 Å². The van der Waals surface area contributed by atoms with Gasteiger partial charge in [-0.3, -0.25) is 4.79 Å². The van der Waals surface area contributed by atoms with Gasteiger partial charge in [-0.1, -0.05) is 6.42 Å². The molecule has 24 heavy (non-hydrogen) atoms. The minimum atomic E-state index is -4.52. The fraction of sp³-hybridized carbons (Fsp3) is 0.688. The van der Waals surface area contributed by atoms with Crippen molar-refractivity contribution in [1.82, 2.24) is 20.2 Å². The molecule has 8 heteroatoms. The molecule has 0 spiro atoms. The number of carbonyl (C=O) groups is 1. The highest BCUT2D eigenvalue weighted by atomic mass is 19.4. The molecule has 0 unspecified atom stereocenters. The molecule has 0 aliphatic carbocycles. The molecule has 0 bridgehead atoms. The average molecular weight is 344 g/mol. The minimum Gasteiger partial charge on any atom is -0.349 e. The van der Waals surface area contributed by atoms with Gasteiger partial charge in [0.2, 0.25) is 5.91 Å². The van der Waals surface area contributed by atoms with E-state index in [1.165, 1.54) is 19.8 Å². The van der Waals surface area contributed by atoms with Crippen molar-refractivity contribution >= 4 is 5.91 Å². The van der Waals surface area contributed by atoms with Crippen LogP contribution in [0.25, 0.3) is 0 Å². The second-order valence-corrected chi connectivity index (χ2v) is 6.25. The van der Waals surface area contributed by atoms with Crippen molar-refractivity contribution in [3.05, 3.63) is 23.3 Å². The smallest absolute Gasteiger partial charge is 0.349 e. The number of aromatic nitrogens is 2. The number of nitrogens with one attached hydrogen (secondary N) is 1. The third kappa shape index (κ3) is 5.43. The Kier molecular flexibility index (Phi) is 6.15. The highest BCUT2D eigenvalue weighted by molar-refractivity contribution is 5.75. The number of hydrogen-bond acceptors (Lipinski definition) is 4. The molecule has 0 saturated carbocycles. The van der Waals surface area contributed by atoms with Gasteiger partial charge in [0.1, 0.15) is 11.5 Å². The molecule has 1 amide bonds. The van der Waals surface area contributed by atoms with E-state index in [2.05, 4.69) is 27.2 Å². The maximum absolute atomic E-state index is 12.7. The number of rotatable bonds is 5. The molecular formula is C16H23F3N4O. The molecule has 5 nitrogen and oxygen atoms in total. The number of carbonyl (C=O) groups excluding carboxylic acids is 1. The first kappa shape index (κ1) is 18.6. The molecule has 134 valence electrons. The zero-order chi connectivity index (χ0) is 17.7. The molecule has 0 radical (unpaired) electrons. The largest absolute Gasteiger partial charge is 0.433 e. The molecule has 2 rings (SSSR count). The Morgan fingerprint density at radius 1 is 1.38 bits per heavy atom. The quantitative estimate of drug-likeness (QED) is 0.892. The van der Waals surface area contributed by atoms with Crippen LogP contribution in [0.2, 0.25) is 0 Å². The van der Waals surface area contributed by atoms with E-state index in [-0.39, 0.29) is 24.0 Å². The standard InChI is InChI=1S/C16H23F3N4O/c1-11-9-13(16(17,18)19)22-14(21-11)10-20-15(24)7-6-12-5-3-4-8-23(12)2/h9,12H,3-8,10H2,1-2H3,(H,20,24)/t12-/m0/s1. The van der Waals surface area contributed by atoms with Crippen LogP contribution in [0.1, 0.15) is 49.3 Å². The fourth-order valence-electron chi connectivity index (χ4n) is 2.93. The van der Waals surface area contributed by atoms with Crippen molar-refractivity contribution in [2.24, 2.45) is 0 Å². The van der Waals surface area contributed by atoms with Crippen LogP contribution in [-0.4, -0.2) is 40.4 Å². The van der Waals surface area contributed by atoms with Gasteiger partial charge in [0.15, 0.2) is 0 Å². The zero-order valence-electron chi connectivity index (χ0n) is 14.0. The van der Waals surface area contributed by atoms with Gasteiger partial charge < -0.3 is 10.2 Å². The summed E-state index contributed by atoms with van der Waals surface area (Å²) in [5.41, 5.74) is -0.756. The van der Waals surface area contributed by atoms with Crippen LogP contribution in [0, 0.1) is 6.92 Å². The maximum Gasteiger partial charge on any atom is 0.433 e. The summed E-state index contributed by atoms with van der Waals surface area (Å²) in [7, 11) is 2.06. The van der Waals surface area contributed by atoms with E-state index in [1.807, 2.05) is 0 Å². The van der Waals surface area contributed by atoms with E-state index in [9.17, 15) is 18.0 Å². The first-order valence-corrected chi connectivity index (χ1v) is 8.14. The van der Waals surface area contributed by atoms with Crippen molar-refractivity contribution < 1.29 is 18.0 Å². The number of alkyl halides is 3. The minimum absolute atomic E-state index is 0.0227. The first-order chi connectivity index (χ1) is 11.3. The number of halogens is 3. The summed E-state index contributed by atoms with van der Waals surface area (Å²) < 4.78 is 38.2. The highest BCUT2D eigenvalue weighted by Gasteiger charge is 2.33. The summed E-state index contributed by atoms with van der Waals surface area (Å²) in [6.07, 6.45) is 0.0366. The molecule has 1 aliphatic rings. The molecule has 1 atom stereocenters. The molecule has 1 aromatic rings. The van der Waals surface area contributed by atoms with E-state index in [4.69, 9.17) is 0 Å². The van der Waals surface area contributed by atoms with Crippen LogP contribution in [0.15, 0.2) is 6.07 Å². The number of amides is 1. The third-order valence-electron chi connectivity index (χ3n) is 4.26. The van der Waals surface area contributed by atoms with Crippen LogP contribution in [0.3, 0.4) is 0 Å². The monoisotopic (exact) mass is 344 g/mol. The van der Waals surface area contributed by atoms with Crippen molar-refractivity contribution in [3.63, 3.8) is 0 Å². The Morgan fingerprint density at radius 2 is 2.12 bits per heavy atom. The molecule has 1 aromatic heterocycles. The predicted molar refractivity (Wildman–Crippen MR) is 83.1 cm³/mol. The summed E-state index contributed by atoms with van der Waals surface area (Å²) in [5.74, 6) is -0.210. The lowest BCUT2D eigenvalue weighted by Crippen LogP contribution is -2.37. The van der Waals surface area contributed by atoms with Gasteiger partial charge in [-0.25, -0.2) is 9.97 Å². The normalized spacial score (nSPS) is 19.3. The average Bonchev–Trinajstić information content (AvgIpc) is 2.51. The number of hydrogen-bond donors (Lipinski definition) is 1. The number of aryl methyl sites for hydroxylation is 1. The fourth-order valence-corrected chi connectivity index (χ4v) is 2.93. The third-order valence-corrected chi connectivity index (χ3v) is 4.26. The Labute approximate surface area is 139 Å². The Balaban J connectivity index is 1.84. The van der Waals surface area contributed by atoms with Crippen molar-refractivity contribution in [2.75, 3.05) is 13.6 Å². The molecule has 1 saturated heterocycles. The zero-order valence-corrected chi connectivity index (χ0v) is 14.0. The number of piperidine rings is 1. The van der Waals surface area contributed by atoms with E-state index in [0.717, 1.165) is 25.5 Å². The second kappa shape index (κ2) is 7.92. The van der Waals surface area contributed by atoms with Crippen molar-refractivity contribution in [1.29, 1.82) is 0 Å². The van der Waals surface area contributed by atoms with Crippen LogP contribution in [0.4, 0.5) is 13.2 Å². The molecule has 2 heterocycles. The number of nitrogens with zero attached hydrogens (tertiary/aromatic N) is 3. The lowest BCUT2D eigenvalue weighted by Gasteiger charge is -2.32.